The van der Waals surface area contributed by atoms with Crippen LogP contribution in [0.4, 0.5) is 0 Å². The fourth-order valence-electron chi connectivity index (χ4n) is 4.57. The third kappa shape index (κ3) is 4.49. The number of aromatic amines is 1. The monoisotopic (exact) mass is 430 g/mol. The van der Waals surface area contributed by atoms with Crippen molar-refractivity contribution < 1.29 is 4.79 Å². The van der Waals surface area contributed by atoms with Crippen molar-refractivity contribution in [3.05, 3.63) is 77.7 Å². The summed E-state index contributed by atoms with van der Waals surface area (Å²) >= 11 is 0. The van der Waals surface area contributed by atoms with Crippen molar-refractivity contribution in [3.8, 4) is 11.3 Å². The van der Waals surface area contributed by atoms with E-state index in [2.05, 4.69) is 50.0 Å². The minimum Gasteiger partial charge on any atom is -0.340 e. The summed E-state index contributed by atoms with van der Waals surface area (Å²) in [5.41, 5.74) is 4.57. The minimum atomic E-state index is -0.295. The molecule has 1 aromatic heterocycles. The van der Waals surface area contributed by atoms with Gasteiger partial charge in [-0.15, -0.1) is 0 Å². The van der Waals surface area contributed by atoms with E-state index in [1.54, 1.807) is 0 Å². The SMILES string of the molecule is CN(C)C(C(=O)N1CCCC1c1ncc(-c2ccc(C(C)(C)C)cc2)[nH]1)c1ccccc1. The lowest BCUT2D eigenvalue weighted by atomic mass is 9.86. The molecule has 3 aromatic rings. The van der Waals surface area contributed by atoms with Crippen LogP contribution in [0.25, 0.3) is 11.3 Å². The number of nitrogens with one attached hydrogen (secondary N) is 1. The molecule has 32 heavy (non-hydrogen) atoms. The number of likely N-dealkylation sites (N-methyl/N-ethyl adjacent to an activating group) is 1. The summed E-state index contributed by atoms with van der Waals surface area (Å²) in [5.74, 6) is 1.01. The number of carbonyl (C=O) groups excluding carboxylic acids is 1. The lowest BCUT2D eigenvalue weighted by Gasteiger charge is -2.31. The van der Waals surface area contributed by atoms with Crippen LogP contribution in [-0.2, 0) is 10.2 Å². The van der Waals surface area contributed by atoms with Crippen LogP contribution in [0.15, 0.2) is 60.8 Å². The zero-order chi connectivity index (χ0) is 22.9. The van der Waals surface area contributed by atoms with Crippen LogP contribution >= 0.6 is 0 Å². The molecular weight excluding hydrogens is 396 g/mol. The molecule has 168 valence electrons. The molecule has 0 saturated carbocycles. The Morgan fingerprint density at radius 2 is 1.78 bits per heavy atom. The van der Waals surface area contributed by atoms with Gasteiger partial charge in [0.05, 0.1) is 17.9 Å². The number of aromatic nitrogens is 2. The van der Waals surface area contributed by atoms with Gasteiger partial charge in [-0.05, 0) is 49.0 Å². The number of rotatable bonds is 5. The van der Waals surface area contributed by atoms with Crippen molar-refractivity contribution in [1.29, 1.82) is 0 Å². The van der Waals surface area contributed by atoms with E-state index in [-0.39, 0.29) is 23.4 Å². The van der Waals surface area contributed by atoms with Crippen LogP contribution < -0.4 is 0 Å². The van der Waals surface area contributed by atoms with Gasteiger partial charge in [-0.3, -0.25) is 9.69 Å². The van der Waals surface area contributed by atoms with Crippen molar-refractivity contribution in [3.63, 3.8) is 0 Å². The first-order valence-electron chi connectivity index (χ1n) is 11.4. The van der Waals surface area contributed by atoms with Gasteiger partial charge in [0, 0.05) is 6.54 Å². The van der Waals surface area contributed by atoms with Gasteiger partial charge >= 0.3 is 0 Å². The molecule has 2 aromatic carbocycles. The number of benzene rings is 2. The highest BCUT2D eigenvalue weighted by atomic mass is 16.2. The van der Waals surface area contributed by atoms with E-state index < -0.39 is 0 Å². The first-order valence-corrected chi connectivity index (χ1v) is 11.4. The molecule has 0 spiro atoms. The molecule has 2 heterocycles. The predicted octanol–water partition coefficient (Wildman–Crippen LogP) is 5.34. The first-order chi connectivity index (χ1) is 15.3. The van der Waals surface area contributed by atoms with Gasteiger partial charge in [0.25, 0.3) is 0 Å². The number of carbonyl (C=O) groups is 1. The third-order valence-electron chi connectivity index (χ3n) is 6.37. The second kappa shape index (κ2) is 8.91. The second-order valence-electron chi connectivity index (χ2n) is 9.98. The summed E-state index contributed by atoms with van der Waals surface area (Å²) in [6, 6.07) is 18.4. The zero-order valence-corrected chi connectivity index (χ0v) is 19.8. The van der Waals surface area contributed by atoms with Crippen LogP contribution in [0.5, 0.6) is 0 Å². The van der Waals surface area contributed by atoms with Crippen LogP contribution in [0, 0.1) is 0 Å². The summed E-state index contributed by atoms with van der Waals surface area (Å²) in [5, 5.41) is 0. The summed E-state index contributed by atoms with van der Waals surface area (Å²) in [7, 11) is 3.93. The molecule has 5 heteroatoms. The van der Waals surface area contributed by atoms with Crippen molar-refractivity contribution in [2.45, 2.75) is 51.1 Å². The quantitative estimate of drug-likeness (QED) is 0.594. The fourth-order valence-corrected chi connectivity index (χ4v) is 4.57. The molecule has 0 aliphatic carbocycles. The van der Waals surface area contributed by atoms with Gasteiger partial charge in [-0.1, -0.05) is 75.4 Å². The minimum absolute atomic E-state index is 0.0174. The molecule has 2 unspecified atom stereocenters. The van der Waals surface area contributed by atoms with Crippen molar-refractivity contribution in [2.24, 2.45) is 0 Å². The van der Waals surface area contributed by atoms with Gasteiger partial charge in [0.2, 0.25) is 5.91 Å². The lowest BCUT2D eigenvalue weighted by molar-refractivity contribution is -0.137. The Morgan fingerprint density at radius 1 is 1.09 bits per heavy atom. The number of hydrogen-bond acceptors (Lipinski definition) is 3. The average molecular weight is 431 g/mol. The predicted molar refractivity (Wildman–Crippen MR) is 129 cm³/mol. The van der Waals surface area contributed by atoms with Gasteiger partial charge < -0.3 is 9.88 Å². The number of H-pyrrole nitrogens is 1. The number of amides is 1. The molecule has 1 aliphatic rings. The maximum Gasteiger partial charge on any atom is 0.245 e. The zero-order valence-electron chi connectivity index (χ0n) is 19.8. The topological polar surface area (TPSA) is 52.2 Å². The van der Waals surface area contributed by atoms with Gasteiger partial charge in [-0.25, -0.2) is 4.98 Å². The highest BCUT2D eigenvalue weighted by Crippen LogP contribution is 2.35. The molecule has 1 fully saturated rings. The summed E-state index contributed by atoms with van der Waals surface area (Å²) in [6.45, 7) is 7.42. The Balaban J connectivity index is 1.56. The largest absolute Gasteiger partial charge is 0.340 e. The molecular formula is C27H34N4O. The van der Waals surface area contributed by atoms with Crippen LogP contribution in [0.2, 0.25) is 0 Å². The Kier molecular flexibility index (Phi) is 6.20. The highest BCUT2D eigenvalue weighted by molar-refractivity contribution is 5.84. The van der Waals surface area contributed by atoms with Crippen LogP contribution in [-0.4, -0.2) is 46.3 Å². The van der Waals surface area contributed by atoms with Gasteiger partial charge in [0.15, 0.2) is 0 Å². The lowest BCUT2D eigenvalue weighted by Crippen LogP contribution is -2.40. The van der Waals surface area contributed by atoms with Crippen molar-refractivity contribution in [1.82, 2.24) is 19.8 Å². The maximum absolute atomic E-state index is 13.6. The molecule has 5 nitrogen and oxygen atoms in total. The Morgan fingerprint density at radius 3 is 2.41 bits per heavy atom. The molecule has 0 bridgehead atoms. The summed E-state index contributed by atoms with van der Waals surface area (Å²) in [4.78, 5) is 25.8. The van der Waals surface area contributed by atoms with Crippen LogP contribution in [0.1, 0.15) is 62.6 Å². The third-order valence-corrected chi connectivity index (χ3v) is 6.37. The first kappa shape index (κ1) is 22.3. The number of likely N-dealkylation sites (tertiary alicyclic amines) is 1. The van der Waals surface area contributed by atoms with E-state index in [1.807, 2.05) is 60.4 Å². The molecule has 1 saturated heterocycles. The van der Waals surface area contributed by atoms with Gasteiger partial charge in [0.1, 0.15) is 11.9 Å². The van der Waals surface area contributed by atoms with E-state index in [9.17, 15) is 4.79 Å². The molecule has 1 N–H and O–H groups in total. The molecule has 1 aliphatic heterocycles. The average Bonchev–Trinajstić information content (AvgIpc) is 3.43. The van der Waals surface area contributed by atoms with Crippen LogP contribution in [0.3, 0.4) is 0 Å². The maximum atomic E-state index is 13.6. The normalized spacial score (nSPS) is 17.7. The van der Waals surface area contributed by atoms with E-state index in [4.69, 9.17) is 4.98 Å². The fraction of sp³-hybridized carbons (Fsp3) is 0.407. The smallest absolute Gasteiger partial charge is 0.245 e. The second-order valence-corrected chi connectivity index (χ2v) is 9.98. The summed E-state index contributed by atoms with van der Waals surface area (Å²) in [6.07, 6.45) is 3.81. The molecule has 4 rings (SSSR count). The van der Waals surface area contributed by atoms with E-state index >= 15 is 0 Å². The Hall–Kier alpha value is -2.92. The van der Waals surface area contributed by atoms with E-state index in [0.717, 1.165) is 42.0 Å². The van der Waals surface area contributed by atoms with Crippen molar-refractivity contribution >= 4 is 5.91 Å². The number of hydrogen-bond donors (Lipinski definition) is 1. The number of nitrogens with zero attached hydrogens (tertiary/aromatic N) is 3. The highest BCUT2D eigenvalue weighted by Gasteiger charge is 2.37. The van der Waals surface area contributed by atoms with Gasteiger partial charge in [-0.2, -0.15) is 0 Å². The summed E-state index contributed by atoms with van der Waals surface area (Å²) < 4.78 is 0. The Bertz CT molecular complexity index is 1050. The molecule has 1 amide bonds. The molecule has 0 radical (unpaired) electrons. The van der Waals surface area contributed by atoms with E-state index in [1.165, 1.54) is 5.56 Å². The molecule has 2 atom stereocenters. The standard InChI is InChI=1S/C27H34N4O/c1-27(2,3)21-15-13-19(14-16-21)22-18-28-25(29-22)23-12-9-17-31(23)26(32)24(30(4)5)20-10-7-6-8-11-20/h6-8,10-11,13-16,18,23-24H,9,12,17H2,1-5H3,(H,28,29). The Labute approximate surface area is 191 Å². The van der Waals surface area contributed by atoms with Crippen molar-refractivity contribution in [2.75, 3.05) is 20.6 Å². The van der Waals surface area contributed by atoms with E-state index in [0.29, 0.717) is 0 Å². The number of imidazole rings is 1.